The number of hydrogen-bond donors (Lipinski definition) is 7. The molecule has 0 spiro atoms. The van der Waals surface area contributed by atoms with Crippen molar-refractivity contribution in [1.82, 2.24) is 50.3 Å². The fraction of sp³-hybridized carbons (Fsp3) is 0.651. The fourth-order valence-electron chi connectivity index (χ4n) is 3.96. The van der Waals surface area contributed by atoms with Crippen molar-refractivity contribution in [3.05, 3.63) is 5.28 Å². The Morgan fingerprint density at radius 3 is 0.899 bits per heavy atom. The smallest absolute Gasteiger partial charge is 0.256 e. The third-order valence-corrected chi connectivity index (χ3v) is 7.18. The van der Waals surface area contributed by atoms with E-state index in [4.69, 9.17) is 45.3 Å². The Hall–Kier alpha value is -4.93. The summed E-state index contributed by atoms with van der Waals surface area (Å²) in [5, 5.41) is 21.8. The normalized spacial score (nSPS) is 9.17. The number of nitrogens with one attached hydrogen (secondary N) is 7. The highest BCUT2D eigenvalue weighted by Gasteiger charge is 2.12. The molecule has 3 heterocycles. The second-order valence-corrected chi connectivity index (χ2v) is 13.1. The van der Waals surface area contributed by atoms with Crippen LogP contribution in [0.4, 0.5) is 47.6 Å². The largest absolute Gasteiger partial charge is 0.382 e. The topological polar surface area (TPSA) is 244 Å². The Morgan fingerprint density at radius 1 is 0.449 bits per heavy atom. The summed E-state index contributed by atoms with van der Waals surface area (Å²) in [5.41, 5.74) is 2.43. The Bertz CT molecular complexity index is 1610. The molecule has 394 valence electrons. The van der Waals surface area contributed by atoms with E-state index in [0.29, 0.717) is 54.2 Å². The minimum atomic E-state index is 0. The maximum absolute atomic E-state index is 5.77. The molecule has 0 aromatic carbocycles. The van der Waals surface area contributed by atoms with Gasteiger partial charge >= 0.3 is 0 Å². The number of terminal acetylenes is 3. The molecule has 0 atom stereocenters. The predicted molar refractivity (Wildman–Crippen MR) is 291 cm³/mol. The summed E-state index contributed by atoms with van der Waals surface area (Å²) < 4.78 is 4.83. The molecule has 0 saturated carbocycles. The van der Waals surface area contributed by atoms with Gasteiger partial charge in [0.1, 0.15) is 19.8 Å². The monoisotopic (exact) mass is 1050 g/mol. The number of anilines is 8. The first kappa shape index (κ1) is 73.0. The standard InChI is InChI=1S/2C13H22N6O.C9H16ClN5.C4H7NO.C4H10O.3ClH/c2*1-5-8-14-11-16-12(15-9-6-2)18-13(17-11)19(4)20-10-7-3;1-3-5-11-8-13-7(10)14-9(15-8)12-6-4-2;1-3-4-6-5-2;1-3-5-4-2;;;/h2*3H,5-6,8-10H2,1-2,4H3,(H2,14,15,16,17,18);3-6H2,1-2H3,(H2,11,12,13,14,15);1,5H,4H2,2H3;3-4H2,1-2H3;3*1H. The maximum atomic E-state index is 5.77. The lowest BCUT2D eigenvalue weighted by molar-refractivity contribution is 0.0852. The van der Waals surface area contributed by atoms with Crippen molar-refractivity contribution >= 4 is 96.4 Å². The second-order valence-electron chi connectivity index (χ2n) is 12.8. The molecule has 3 rings (SSSR count). The molecule has 69 heavy (non-hydrogen) atoms. The molecule has 26 heteroatoms. The van der Waals surface area contributed by atoms with Gasteiger partial charge in [-0.3, -0.25) is 14.5 Å². The van der Waals surface area contributed by atoms with Gasteiger partial charge in [-0.05, 0) is 64.0 Å². The number of aromatic nitrogens is 9. The molecule has 0 amide bonds. The van der Waals surface area contributed by atoms with E-state index in [2.05, 4.69) is 146 Å². The summed E-state index contributed by atoms with van der Waals surface area (Å²) in [6.45, 7) is 23.6. The van der Waals surface area contributed by atoms with E-state index in [1.165, 1.54) is 10.1 Å². The van der Waals surface area contributed by atoms with Crippen molar-refractivity contribution in [3.8, 4) is 37.0 Å². The van der Waals surface area contributed by atoms with Gasteiger partial charge in [-0.1, -0.05) is 59.3 Å². The first-order chi connectivity index (χ1) is 32.0. The number of nitrogens with zero attached hydrogens (tertiary/aromatic N) is 11. The van der Waals surface area contributed by atoms with Gasteiger partial charge in [-0.25, -0.2) is 15.6 Å². The van der Waals surface area contributed by atoms with Gasteiger partial charge in [-0.15, -0.1) is 56.5 Å². The van der Waals surface area contributed by atoms with E-state index < -0.39 is 0 Å². The molecule has 0 radical (unpaired) electrons. The zero-order valence-electron chi connectivity index (χ0n) is 42.4. The van der Waals surface area contributed by atoms with Crippen LogP contribution in [-0.4, -0.2) is 138 Å². The number of rotatable bonds is 28. The highest BCUT2D eigenvalue weighted by molar-refractivity contribution is 6.28. The zero-order valence-corrected chi connectivity index (χ0v) is 45.6. The van der Waals surface area contributed by atoms with Gasteiger partial charge in [0.25, 0.3) is 11.9 Å². The summed E-state index contributed by atoms with van der Waals surface area (Å²) in [5.74, 6) is 11.0. The van der Waals surface area contributed by atoms with E-state index in [0.717, 1.165) is 91.0 Å². The van der Waals surface area contributed by atoms with Crippen molar-refractivity contribution in [2.45, 2.75) is 93.9 Å². The molecule has 22 nitrogen and oxygen atoms in total. The van der Waals surface area contributed by atoms with E-state index in [-0.39, 0.29) is 55.7 Å². The Labute approximate surface area is 435 Å². The van der Waals surface area contributed by atoms with Gasteiger partial charge in [-0.2, -0.15) is 44.9 Å². The third kappa shape index (κ3) is 40.6. The minimum Gasteiger partial charge on any atom is -0.382 e. The molecule has 0 aliphatic carbocycles. The molecule has 3 aromatic rings. The molecule has 0 aliphatic rings. The fourth-order valence-corrected chi connectivity index (χ4v) is 4.12. The summed E-state index contributed by atoms with van der Waals surface area (Å²) in [7, 11) is 5.08. The first-order valence-electron chi connectivity index (χ1n) is 22.3. The van der Waals surface area contributed by atoms with E-state index in [1.807, 2.05) is 13.8 Å². The third-order valence-electron chi connectivity index (χ3n) is 7.01. The van der Waals surface area contributed by atoms with Crippen LogP contribution in [0.25, 0.3) is 0 Å². The summed E-state index contributed by atoms with van der Waals surface area (Å²) in [6.07, 6.45) is 21.1. The zero-order chi connectivity index (χ0) is 49.6. The second kappa shape index (κ2) is 52.4. The van der Waals surface area contributed by atoms with Crippen LogP contribution in [0.15, 0.2) is 0 Å². The minimum absolute atomic E-state index is 0. The molecule has 0 bridgehead atoms. The van der Waals surface area contributed by atoms with Crippen LogP contribution in [0.5, 0.6) is 0 Å². The summed E-state index contributed by atoms with van der Waals surface area (Å²) >= 11 is 5.77. The quantitative estimate of drug-likeness (QED) is 0.0215. The highest BCUT2D eigenvalue weighted by atomic mass is 35.5. The molecular weight excluding hydrogens is 974 g/mol. The van der Waals surface area contributed by atoms with E-state index in [9.17, 15) is 0 Å². The van der Waals surface area contributed by atoms with Gasteiger partial charge in [0.2, 0.25) is 41.0 Å². The van der Waals surface area contributed by atoms with E-state index in [1.54, 1.807) is 21.1 Å². The Balaban J connectivity index is -0.000000264. The van der Waals surface area contributed by atoms with Gasteiger partial charge in [0, 0.05) is 73.6 Å². The number of halogens is 4. The van der Waals surface area contributed by atoms with Crippen LogP contribution in [-0.2, 0) is 19.2 Å². The maximum Gasteiger partial charge on any atom is 0.256 e. The SMILES string of the molecule is C#CCON(C)c1nc(NCCC)nc(NCCC)n1.C#CCON(C)c1nc(NCCC)nc(NCCC)n1.C#CCONC.CCCNc1nc(Cl)nc(NCCC)n1.CCOCC.Cl.Cl.Cl. The molecule has 0 aliphatic heterocycles. The van der Waals surface area contributed by atoms with Crippen LogP contribution >= 0.6 is 48.8 Å². The van der Waals surface area contributed by atoms with Crippen LogP contribution in [0.3, 0.4) is 0 Å². The lowest BCUT2D eigenvalue weighted by atomic mass is 10.5. The number of hydrogen-bond acceptors (Lipinski definition) is 22. The summed E-state index contributed by atoms with van der Waals surface area (Å²) in [6, 6.07) is 0. The van der Waals surface area contributed by atoms with E-state index >= 15 is 0 Å². The van der Waals surface area contributed by atoms with Crippen LogP contribution in [0.2, 0.25) is 5.28 Å². The number of hydroxylamine groups is 3. The average Bonchev–Trinajstić information content (AvgIpc) is 3.33. The molecule has 0 saturated heterocycles. The van der Waals surface area contributed by atoms with Crippen molar-refractivity contribution in [2.24, 2.45) is 0 Å². The molecule has 0 unspecified atom stereocenters. The van der Waals surface area contributed by atoms with Crippen LogP contribution in [0, 0.1) is 37.0 Å². The predicted octanol–water partition coefficient (Wildman–Crippen LogP) is 7.28. The van der Waals surface area contributed by atoms with Crippen molar-refractivity contribution in [2.75, 3.05) is 135 Å². The average molecular weight is 1060 g/mol. The van der Waals surface area contributed by atoms with Crippen LogP contribution < -0.4 is 47.5 Å². The summed E-state index contributed by atoms with van der Waals surface area (Å²) in [4.78, 5) is 53.0. The van der Waals surface area contributed by atoms with Crippen molar-refractivity contribution in [3.63, 3.8) is 0 Å². The molecular formula is C43H80Cl4N18O4. The van der Waals surface area contributed by atoms with Crippen LogP contribution in [0.1, 0.15) is 93.9 Å². The molecule has 0 fully saturated rings. The Morgan fingerprint density at radius 2 is 0.710 bits per heavy atom. The van der Waals surface area contributed by atoms with Gasteiger partial charge in [0.15, 0.2) is 0 Å². The van der Waals surface area contributed by atoms with Gasteiger partial charge in [0.05, 0.1) is 0 Å². The lowest BCUT2D eigenvalue weighted by Gasteiger charge is -2.16. The van der Waals surface area contributed by atoms with Gasteiger partial charge < -0.3 is 36.6 Å². The molecule has 7 N–H and O–H groups in total. The Kier molecular flexibility index (Phi) is 55.5. The van der Waals surface area contributed by atoms with Crippen molar-refractivity contribution in [1.29, 1.82) is 0 Å². The lowest BCUT2D eigenvalue weighted by Crippen LogP contribution is -2.22. The molecule has 3 aromatic heterocycles. The highest BCUT2D eigenvalue weighted by Crippen LogP contribution is 2.14. The number of ether oxygens (including phenoxy) is 1. The van der Waals surface area contributed by atoms with Crippen molar-refractivity contribution < 1.29 is 19.2 Å². The first-order valence-corrected chi connectivity index (χ1v) is 22.7.